The highest BCUT2D eigenvalue weighted by Crippen LogP contribution is 2.40. The third kappa shape index (κ3) is 4.15. The minimum absolute atomic E-state index is 0.0157. The van der Waals surface area contributed by atoms with Crippen molar-refractivity contribution < 1.29 is 9.53 Å². The summed E-state index contributed by atoms with van der Waals surface area (Å²) >= 11 is 6.61. The summed E-state index contributed by atoms with van der Waals surface area (Å²) < 4.78 is 6.21. The molecule has 0 aliphatic carbocycles. The van der Waals surface area contributed by atoms with Gasteiger partial charge in [-0.2, -0.15) is 9.97 Å². The second-order valence-electron chi connectivity index (χ2n) is 10.8. The van der Waals surface area contributed by atoms with Gasteiger partial charge in [-0.15, -0.1) is 0 Å². The number of amides is 1. The molecule has 1 amide bonds. The van der Waals surface area contributed by atoms with E-state index in [0.29, 0.717) is 42.4 Å². The summed E-state index contributed by atoms with van der Waals surface area (Å²) in [6.45, 7) is 6.68. The maximum Gasteiger partial charge on any atom is 0.320 e. The Morgan fingerprint density at radius 1 is 1.12 bits per heavy atom. The lowest BCUT2D eigenvalue weighted by molar-refractivity contribution is -0.127. The molecule has 9 nitrogen and oxygen atoms in total. The molecule has 0 radical (unpaired) electrons. The second kappa shape index (κ2) is 9.98. The van der Waals surface area contributed by atoms with Gasteiger partial charge in [0.25, 0.3) is 0 Å². The Kier molecular flexibility index (Phi) is 6.28. The summed E-state index contributed by atoms with van der Waals surface area (Å²) in [5.74, 6) is 0.778. The van der Waals surface area contributed by atoms with Gasteiger partial charge in [0.2, 0.25) is 5.91 Å². The number of likely N-dealkylation sites (N-methyl/N-ethyl adjacent to an activating group) is 1. The van der Waals surface area contributed by atoms with Crippen molar-refractivity contribution in [3.05, 3.63) is 60.4 Å². The molecule has 40 heavy (non-hydrogen) atoms. The van der Waals surface area contributed by atoms with Crippen LogP contribution >= 0.6 is 11.6 Å². The Bertz CT molecular complexity index is 1640. The zero-order valence-corrected chi connectivity index (χ0v) is 23.1. The van der Waals surface area contributed by atoms with Crippen molar-refractivity contribution in [2.75, 3.05) is 38.2 Å². The molecule has 1 aromatic carbocycles. The maximum absolute atomic E-state index is 12.4. The molecule has 3 aliphatic heterocycles. The van der Waals surface area contributed by atoms with Crippen LogP contribution in [0.5, 0.6) is 6.01 Å². The molecule has 3 atom stereocenters. The second-order valence-corrected chi connectivity index (χ2v) is 11.2. The molecular weight excluding hydrogens is 526 g/mol. The number of carbonyl (C=O) groups excluding carboxylic acids is 1. The van der Waals surface area contributed by atoms with Crippen molar-refractivity contribution >= 4 is 45.1 Å². The molecule has 7 rings (SSSR count). The number of fused-ring (bicyclic) bond motifs is 3. The fourth-order valence-corrected chi connectivity index (χ4v) is 6.69. The minimum Gasteiger partial charge on any atom is -0.462 e. The third-order valence-corrected chi connectivity index (χ3v) is 8.94. The summed E-state index contributed by atoms with van der Waals surface area (Å²) in [6.07, 6.45) is 8.14. The molecule has 3 aliphatic rings. The molecule has 4 aromatic rings. The number of aromatic nitrogens is 4. The van der Waals surface area contributed by atoms with Crippen LogP contribution in [0.15, 0.2) is 55.4 Å². The van der Waals surface area contributed by atoms with E-state index in [0.717, 1.165) is 59.0 Å². The van der Waals surface area contributed by atoms with Gasteiger partial charge in [0.15, 0.2) is 5.65 Å². The van der Waals surface area contributed by atoms with Crippen LogP contribution in [0.4, 0.5) is 5.82 Å². The number of likely N-dealkylation sites (tertiary alicyclic amines) is 2. The van der Waals surface area contributed by atoms with Gasteiger partial charge in [-0.05, 0) is 57.1 Å². The minimum atomic E-state index is -0.0157. The van der Waals surface area contributed by atoms with Gasteiger partial charge in [-0.25, -0.2) is 4.98 Å². The van der Waals surface area contributed by atoms with E-state index in [4.69, 9.17) is 31.3 Å². The average Bonchev–Trinajstić information content (AvgIpc) is 3.52. The molecular formula is C30H30ClN7O2. The molecule has 10 heteroatoms. The lowest BCUT2D eigenvalue weighted by Crippen LogP contribution is -2.63. The number of hydrogen-bond acceptors (Lipinski definition) is 8. The van der Waals surface area contributed by atoms with E-state index in [2.05, 4.69) is 28.4 Å². The molecule has 0 saturated carbocycles. The van der Waals surface area contributed by atoms with Crippen LogP contribution in [-0.2, 0) is 4.79 Å². The lowest BCUT2D eigenvalue weighted by Gasteiger charge is -2.47. The van der Waals surface area contributed by atoms with Crippen LogP contribution in [0.1, 0.15) is 19.3 Å². The highest BCUT2D eigenvalue weighted by molar-refractivity contribution is 6.36. The fourth-order valence-electron chi connectivity index (χ4n) is 6.41. The average molecular weight is 556 g/mol. The van der Waals surface area contributed by atoms with Gasteiger partial charge >= 0.3 is 6.01 Å². The molecule has 3 fully saturated rings. The topological polar surface area (TPSA) is 87.6 Å². The Labute approximate surface area is 237 Å². The highest BCUT2D eigenvalue weighted by Gasteiger charge is 2.49. The Morgan fingerprint density at radius 3 is 2.85 bits per heavy atom. The van der Waals surface area contributed by atoms with Crippen LogP contribution in [0.3, 0.4) is 0 Å². The summed E-state index contributed by atoms with van der Waals surface area (Å²) in [4.78, 5) is 38.0. The van der Waals surface area contributed by atoms with Crippen LogP contribution in [0.2, 0.25) is 5.02 Å². The monoisotopic (exact) mass is 555 g/mol. The molecule has 204 valence electrons. The van der Waals surface area contributed by atoms with E-state index in [1.165, 1.54) is 6.08 Å². The fraction of sp³-hybridized carbons (Fsp3) is 0.367. The number of ether oxygens (including phenoxy) is 1. The van der Waals surface area contributed by atoms with Crippen molar-refractivity contribution in [3.63, 3.8) is 0 Å². The Balaban J connectivity index is 1.29. The molecule has 0 bridgehead atoms. The molecule has 6 heterocycles. The summed E-state index contributed by atoms with van der Waals surface area (Å²) in [5.41, 5.74) is 2.13. The zero-order chi connectivity index (χ0) is 27.4. The first kappa shape index (κ1) is 25.2. The van der Waals surface area contributed by atoms with Crippen molar-refractivity contribution in [3.8, 4) is 17.3 Å². The van der Waals surface area contributed by atoms with Crippen molar-refractivity contribution in [2.24, 2.45) is 0 Å². The summed E-state index contributed by atoms with van der Waals surface area (Å²) in [7, 11) is 2.13. The van der Waals surface area contributed by atoms with E-state index in [-0.39, 0.29) is 18.0 Å². The first-order chi connectivity index (χ1) is 19.5. The molecule has 3 saturated heterocycles. The van der Waals surface area contributed by atoms with Gasteiger partial charge in [-0.1, -0.05) is 30.3 Å². The van der Waals surface area contributed by atoms with Crippen molar-refractivity contribution in [1.82, 2.24) is 29.7 Å². The van der Waals surface area contributed by atoms with Crippen molar-refractivity contribution in [2.45, 2.75) is 37.4 Å². The largest absolute Gasteiger partial charge is 0.462 e. The number of pyridine rings is 2. The number of anilines is 1. The molecule has 0 N–H and O–H groups in total. The summed E-state index contributed by atoms with van der Waals surface area (Å²) in [5, 5.41) is 3.35. The van der Waals surface area contributed by atoms with E-state index < -0.39 is 0 Å². The lowest BCUT2D eigenvalue weighted by atomic mass is 9.96. The standard InChI is InChI=1S/C30H30ClN7O2/c1-3-26(39)37-13-11-24-25(37)16-38(24)29-20-9-10-23(21-15-32-14-18-6-4-8-22(31)27(18)21)33-28(20)34-30(35-29)40-17-19-7-5-12-36(19)2/h3-4,6,8-10,14-15,19,24-25H,1,5,7,11-13,16-17H2,2H3/t19-,24+,25+/m0/s1. The van der Waals surface area contributed by atoms with Crippen molar-refractivity contribution in [1.29, 1.82) is 0 Å². The first-order valence-electron chi connectivity index (χ1n) is 13.8. The first-order valence-corrected chi connectivity index (χ1v) is 14.1. The predicted molar refractivity (Wildman–Crippen MR) is 156 cm³/mol. The number of carbonyl (C=O) groups is 1. The van der Waals surface area contributed by atoms with Gasteiger partial charge in [-0.3, -0.25) is 9.78 Å². The zero-order valence-electron chi connectivity index (χ0n) is 22.3. The quantitative estimate of drug-likeness (QED) is 0.325. The van der Waals surface area contributed by atoms with E-state index in [1.807, 2.05) is 35.2 Å². The number of halogens is 1. The van der Waals surface area contributed by atoms with Crippen LogP contribution in [0, 0.1) is 0 Å². The number of nitrogens with zero attached hydrogens (tertiary/aromatic N) is 7. The van der Waals surface area contributed by atoms with E-state index in [9.17, 15) is 4.79 Å². The summed E-state index contributed by atoms with van der Waals surface area (Å²) in [6, 6.07) is 10.8. The normalized spacial score (nSPS) is 22.5. The van der Waals surface area contributed by atoms with Gasteiger partial charge in [0.1, 0.15) is 12.4 Å². The molecule has 0 spiro atoms. The predicted octanol–water partition coefficient (Wildman–Crippen LogP) is 4.34. The van der Waals surface area contributed by atoms with Gasteiger partial charge in [0, 0.05) is 52.9 Å². The van der Waals surface area contributed by atoms with Crippen LogP contribution in [-0.4, -0.2) is 87.1 Å². The Morgan fingerprint density at radius 2 is 2.02 bits per heavy atom. The number of benzene rings is 1. The van der Waals surface area contributed by atoms with E-state index in [1.54, 1.807) is 12.4 Å². The number of hydrogen-bond donors (Lipinski definition) is 0. The molecule has 0 unspecified atom stereocenters. The van der Waals surface area contributed by atoms with Crippen LogP contribution in [0.25, 0.3) is 33.1 Å². The highest BCUT2D eigenvalue weighted by atomic mass is 35.5. The van der Waals surface area contributed by atoms with E-state index >= 15 is 0 Å². The third-order valence-electron chi connectivity index (χ3n) is 8.63. The van der Waals surface area contributed by atoms with Gasteiger partial charge < -0.3 is 19.4 Å². The Hall–Kier alpha value is -3.82. The van der Waals surface area contributed by atoms with Gasteiger partial charge in [0.05, 0.1) is 23.2 Å². The molecule has 3 aromatic heterocycles. The SMILES string of the molecule is C=CC(=O)N1CC[C@@H]2[C@H]1CN2c1nc(OC[C@@H]2CCCN2C)nc2nc(-c3cncc4cccc(Cl)c34)ccc12. The smallest absolute Gasteiger partial charge is 0.320 e. The maximum atomic E-state index is 12.4. The van der Waals surface area contributed by atoms with Crippen LogP contribution < -0.4 is 9.64 Å². The number of rotatable bonds is 6.